The Morgan fingerprint density at radius 2 is 2.26 bits per heavy atom. The van der Waals surface area contributed by atoms with Crippen molar-refractivity contribution < 1.29 is 9.53 Å². The maximum Gasteiger partial charge on any atom is 0.314 e. The van der Waals surface area contributed by atoms with Crippen LogP contribution in [0, 0.1) is 12.3 Å². The van der Waals surface area contributed by atoms with Gasteiger partial charge in [0, 0.05) is 44.7 Å². The number of carbonyl (C=O) groups excluding carboxylic acids is 1. The summed E-state index contributed by atoms with van der Waals surface area (Å²) in [6.45, 7) is 6.30. The van der Waals surface area contributed by atoms with Gasteiger partial charge in [0.15, 0.2) is 0 Å². The number of piperidine rings is 1. The number of hydrogen-bond acceptors (Lipinski definition) is 5. The summed E-state index contributed by atoms with van der Waals surface area (Å²) in [5.41, 5.74) is 6.86. The number of nitrogens with zero attached hydrogens (tertiary/aromatic N) is 3. The number of ether oxygens (including phenoxy) is 1. The van der Waals surface area contributed by atoms with E-state index >= 15 is 0 Å². The SMILES string of the molecule is COC[C@@H]1CC2(CCN(C(N)=O)CC2)CN1Cc1csc(C)n1. The van der Waals surface area contributed by atoms with Gasteiger partial charge >= 0.3 is 6.03 Å². The molecular formula is C16H26N4O2S. The molecule has 2 aliphatic rings. The highest BCUT2D eigenvalue weighted by atomic mass is 32.1. The number of methoxy groups -OCH3 is 1. The predicted octanol–water partition coefficient (Wildman–Crippen LogP) is 1.83. The molecule has 6 nitrogen and oxygen atoms in total. The number of primary amides is 1. The molecule has 0 bridgehead atoms. The van der Waals surface area contributed by atoms with E-state index in [4.69, 9.17) is 10.5 Å². The zero-order chi connectivity index (χ0) is 16.4. The third-order valence-corrected chi connectivity index (χ3v) is 6.07. The van der Waals surface area contributed by atoms with Gasteiger partial charge in [-0.25, -0.2) is 9.78 Å². The van der Waals surface area contributed by atoms with E-state index in [9.17, 15) is 4.79 Å². The molecule has 3 rings (SSSR count). The normalized spacial score (nSPS) is 24.4. The monoisotopic (exact) mass is 338 g/mol. The summed E-state index contributed by atoms with van der Waals surface area (Å²) in [5, 5.41) is 3.27. The molecule has 0 unspecified atom stereocenters. The van der Waals surface area contributed by atoms with E-state index in [-0.39, 0.29) is 6.03 Å². The Morgan fingerprint density at radius 1 is 1.52 bits per heavy atom. The molecular weight excluding hydrogens is 312 g/mol. The van der Waals surface area contributed by atoms with Crippen molar-refractivity contribution in [3.05, 3.63) is 16.1 Å². The second kappa shape index (κ2) is 6.75. The molecule has 23 heavy (non-hydrogen) atoms. The van der Waals surface area contributed by atoms with Crippen LogP contribution >= 0.6 is 11.3 Å². The number of rotatable bonds is 4. The molecule has 2 aliphatic heterocycles. The van der Waals surface area contributed by atoms with E-state index in [0.717, 1.165) is 62.7 Å². The summed E-state index contributed by atoms with van der Waals surface area (Å²) in [6.07, 6.45) is 3.20. The molecule has 0 aromatic carbocycles. The summed E-state index contributed by atoms with van der Waals surface area (Å²) in [4.78, 5) is 20.2. The molecule has 3 heterocycles. The number of carbonyl (C=O) groups is 1. The summed E-state index contributed by atoms with van der Waals surface area (Å²) < 4.78 is 5.45. The molecule has 2 fully saturated rings. The average Bonchev–Trinajstić information content (AvgIpc) is 3.05. The number of amides is 2. The molecule has 1 aromatic rings. The van der Waals surface area contributed by atoms with Gasteiger partial charge in [0.05, 0.1) is 17.3 Å². The first-order chi connectivity index (χ1) is 11.0. The molecule has 1 atom stereocenters. The van der Waals surface area contributed by atoms with E-state index in [1.54, 1.807) is 23.3 Å². The lowest BCUT2D eigenvalue weighted by molar-refractivity contribution is 0.110. The van der Waals surface area contributed by atoms with Gasteiger partial charge in [-0.15, -0.1) is 11.3 Å². The number of thiazole rings is 1. The second-order valence-electron chi connectivity index (χ2n) is 6.90. The number of nitrogens with two attached hydrogens (primary N) is 1. The van der Waals surface area contributed by atoms with Crippen molar-refractivity contribution in [1.29, 1.82) is 0 Å². The van der Waals surface area contributed by atoms with Crippen LogP contribution in [-0.2, 0) is 11.3 Å². The first-order valence-electron chi connectivity index (χ1n) is 8.20. The quantitative estimate of drug-likeness (QED) is 0.909. The van der Waals surface area contributed by atoms with Crippen LogP contribution in [0.1, 0.15) is 30.0 Å². The highest BCUT2D eigenvalue weighted by Gasteiger charge is 2.45. The maximum absolute atomic E-state index is 11.3. The van der Waals surface area contributed by atoms with Crippen molar-refractivity contribution in [1.82, 2.24) is 14.8 Å². The summed E-state index contributed by atoms with van der Waals surface area (Å²) >= 11 is 1.71. The van der Waals surface area contributed by atoms with Crippen LogP contribution in [0.2, 0.25) is 0 Å². The van der Waals surface area contributed by atoms with Gasteiger partial charge in [-0.3, -0.25) is 4.90 Å². The minimum absolute atomic E-state index is 0.291. The first-order valence-corrected chi connectivity index (χ1v) is 9.08. The van der Waals surface area contributed by atoms with Crippen molar-refractivity contribution in [2.24, 2.45) is 11.1 Å². The zero-order valence-corrected chi connectivity index (χ0v) is 14.8. The predicted molar refractivity (Wildman–Crippen MR) is 90.4 cm³/mol. The lowest BCUT2D eigenvalue weighted by atomic mass is 9.76. The molecule has 2 saturated heterocycles. The van der Waals surface area contributed by atoms with Gasteiger partial charge in [-0.1, -0.05) is 0 Å². The first kappa shape index (κ1) is 16.7. The Bertz CT molecular complexity index is 554. The number of likely N-dealkylation sites (tertiary alicyclic amines) is 2. The molecule has 1 spiro atoms. The third-order valence-electron chi connectivity index (χ3n) is 5.25. The lowest BCUT2D eigenvalue weighted by Crippen LogP contribution is -2.46. The molecule has 2 amide bonds. The molecule has 0 radical (unpaired) electrons. The minimum atomic E-state index is -0.291. The Hall–Kier alpha value is -1.18. The zero-order valence-electron chi connectivity index (χ0n) is 14.0. The van der Waals surface area contributed by atoms with Gasteiger partial charge in [-0.2, -0.15) is 0 Å². The summed E-state index contributed by atoms with van der Waals surface area (Å²) in [5.74, 6) is 0. The number of aromatic nitrogens is 1. The summed E-state index contributed by atoms with van der Waals surface area (Å²) in [6, 6.07) is 0.142. The highest BCUT2D eigenvalue weighted by molar-refractivity contribution is 7.09. The van der Waals surface area contributed by atoms with Crippen LogP contribution in [0.3, 0.4) is 0 Å². The molecule has 0 saturated carbocycles. The van der Waals surface area contributed by atoms with E-state index in [2.05, 4.69) is 15.3 Å². The van der Waals surface area contributed by atoms with Gasteiger partial charge in [0.1, 0.15) is 0 Å². The van der Waals surface area contributed by atoms with Crippen molar-refractivity contribution >= 4 is 17.4 Å². The van der Waals surface area contributed by atoms with Crippen LogP contribution in [0.5, 0.6) is 0 Å². The maximum atomic E-state index is 11.3. The van der Waals surface area contributed by atoms with Gasteiger partial charge in [-0.05, 0) is 31.6 Å². The van der Waals surface area contributed by atoms with Crippen LogP contribution in [0.4, 0.5) is 4.79 Å². The van der Waals surface area contributed by atoms with E-state index < -0.39 is 0 Å². The number of hydrogen-bond donors (Lipinski definition) is 1. The van der Waals surface area contributed by atoms with E-state index in [1.807, 2.05) is 6.92 Å². The van der Waals surface area contributed by atoms with E-state index in [0.29, 0.717) is 11.5 Å². The smallest absolute Gasteiger partial charge is 0.314 e. The fourth-order valence-electron chi connectivity index (χ4n) is 4.05. The van der Waals surface area contributed by atoms with Crippen LogP contribution in [0.25, 0.3) is 0 Å². The highest BCUT2D eigenvalue weighted by Crippen LogP contribution is 2.43. The molecule has 7 heteroatoms. The molecule has 0 aliphatic carbocycles. The molecule has 1 aromatic heterocycles. The minimum Gasteiger partial charge on any atom is -0.383 e. The average molecular weight is 338 g/mol. The van der Waals surface area contributed by atoms with Crippen molar-refractivity contribution in [3.8, 4) is 0 Å². The van der Waals surface area contributed by atoms with Crippen LogP contribution in [-0.4, -0.2) is 60.2 Å². The topological polar surface area (TPSA) is 71.7 Å². The Morgan fingerprint density at radius 3 is 2.83 bits per heavy atom. The van der Waals surface area contributed by atoms with Crippen molar-refractivity contribution in [2.75, 3.05) is 33.4 Å². The second-order valence-corrected chi connectivity index (χ2v) is 7.96. The Kier molecular flexibility index (Phi) is 4.89. The van der Waals surface area contributed by atoms with Crippen molar-refractivity contribution in [3.63, 3.8) is 0 Å². The Balaban J connectivity index is 1.67. The van der Waals surface area contributed by atoms with E-state index in [1.165, 1.54) is 0 Å². The van der Waals surface area contributed by atoms with Gasteiger partial charge < -0.3 is 15.4 Å². The largest absolute Gasteiger partial charge is 0.383 e. The molecule has 128 valence electrons. The lowest BCUT2D eigenvalue weighted by Gasteiger charge is -2.38. The van der Waals surface area contributed by atoms with Crippen molar-refractivity contribution in [2.45, 2.75) is 38.8 Å². The standard InChI is InChI=1S/C16H26N4O2S/c1-12-18-13(10-23-12)8-20-11-16(7-14(20)9-22-2)3-5-19(6-4-16)15(17)21/h10,14H,3-9,11H2,1-2H3,(H2,17,21)/t14-/m0/s1. The number of aryl methyl sites for hydroxylation is 1. The van der Waals surface area contributed by atoms with Crippen LogP contribution < -0.4 is 5.73 Å². The molecule has 2 N–H and O–H groups in total. The number of urea groups is 1. The fourth-order valence-corrected chi connectivity index (χ4v) is 4.65. The third kappa shape index (κ3) is 3.67. The van der Waals surface area contributed by atoms with Crippen LogP contribution in [0.15, 0.2) is 5.38 Å². The van der Waals surface area contributed by atoms with Gasteiger partial charge in [0.2, 0.25) is 0 Å². The van der Waals surface area contributed by atoms with Gasteiger partial charge in [0.25, 0.3) is 0 Å². The fraction of sp³-hybridized carbons (Fsp3) is 0.750. The Labute approximate surface area is 141 Å². The summed E-state index contributed by atoms with van der Waals surface area (Å²) in [7, 11) is 1.77.